The lowest BCUT2D eigenvalue weighted by molar-refractivity contribution is -0.511. The average molecular weight is 325 g/mol. The normalized spacial score (nSPS) is 11.5. The predicted molar refractivity (Wildman–Crippen MR) is 92.1 cm³/mol. The molecule has 5 heteroatoms. The van der Waals surface area contributed by atoms with Gasteiger partial charge in [-0.15, -0.1) is 5.73 Å². The number of rotatable bonds is 15. The quantitative estimate of drug-likeness (QED) is 0.196. The van der Waals surface area contributed by atoms with Crippen molar-refractivity contribution in [1.82, 2.24) is 0 Å². The van der Waals surface area contributed by atoms with Crippen molar-refractivity contribution in [3.8, 4) is 0 Å². The number of unbranched alkanes of at least 4 members (excludes halogenated alkanes) is 9. The van der Waals surface area contributed by atoms with Crippen LogP contribution in [0.1, 0.15) is 84.0 Å². The molecule has 0 heterocycles. The molecule has 23 heavy (non-hydrogen) atoms. The minimum Gasteiger partial charge on any atom is -0.476 e. The first-order chi connectivity index (χ1) is 11.1. The summed E-state index contributed by atoms with van der Waals surface area (Å²) >= 11 is 0. The topological polar surface area (TPSA) is 80.4 Å². The third kappa shape index (κ3) is 13.8. The Hall–Kier alpha value is -1.61. The van der Waals surface area contributed by atoms with E-state index in [9.17, 15) is 14.9 Å². The molecule has 0 aliphatic carbocycles. The van der Waals surface area contributed by atoms with Gasteiger partial charge in [0, 0.05) is 11.3 Å². The summed E-state index contributed by atoms with van der Waals surface area (Å²) in [6, 6.07) is -1.44. The molecule has 0 fully saturated rings. The van der Waals surface area contributed by atoms with Gasteiger partial charge in [0.1, 0.15) is 0 Å². The highest BCUT2D eigenvalue weighted by Gasteiger charge is 2.27. The second kappa shape index (κ2) is 15.3. The maximum Gasteiger partial charge on any atom is 0.379 e. The molecule has 0 spiro atoms. The molecule has 0 bridgehead atoms. The number of carbonyl (C=O) groups is 1. The molecule has 5 nitrogen and oxygen atoms in total. The molecule has 0 rings (SSSR count). The lowest BCUT2D eigenvalue weighted by Crippen LogP contribution is -2.28. The van der Waals surface area contributed by atoms with E-state index in [1.807, 2.05) is 0 Å². The molecule has 1 unspecified atom stereocenters. The maximum absolute atomic E-state index is 10.7. The van der Waals surface area contributed by atoms with Crippen molar-refractivity contribution >= 4 is 5.97 Å². The second-order valence-corrected chi connectivity index (χ2v) is 5.91. The van der Waals surface area contributed by atoms with Crippen LogP contribution in [0, 0.1) is 10.1 Å². The van der Waals surface area contributed by atoms with Crippen molar-refractivity contribution in [2.75, 3.05) is 0 Å². The lowest BCUT2D eigenvalue weighted by Gasteiger charge is -2.04. The Bertz CT molecular complexity index is 372. The molecular weight excluding hydrogens is 294 g/mol. The van der Waals surface area contributed by atoms with Gasteiger partial charge >= 0.3 is 12.0 Å². The van der Waals surface area contributed by atoms with Crippen molar-refractivity contribution < 1.29 is 14.8 Å². The summed E-state index contributed by atoms with van der Waals surface area (Å²) in [7, 11) is 0. The zero-order chi connectivity index (χ0) is 17.3. The minimum atomic E-state index is -1.44. The number of carboxylic acid groups (broad SMARTS) is 1. The molecule has 0 aromatic heterocycles. The maximum atomic E-state index is 10.7. The predicted octanol–water partition coefficient (Wildman–Crippen LogP) is 5.13. The summed E-state index contributed by atoms with van der Waals surface area (Å²) in [6.07, 6.45) is 16.2. The average Bonchev–Trinajstić information content (AvgIpc) is 2.50. The highest BCUT2D eigenvalue weighted by Crippen LogP contribution is 2.10. The molecule has 1 atom stereocenters. The van der Waals surface area contributed by atoms with E-state index in [2.05, 4.69) is 24.8 Å². The minimum absolute atomic E-state index is 0.128. The van der Waals surface area contributed by atoms with Crippen LogP contribution in [-0.2, 0) is 4.79 Å². The zero-order valence-corrected chi connectivity index (χ0v) is 14.3. The van der Waals surface area contributed by atoms with E-state index >= 15 is 0 Å². The molecule has 0 radical (unpaired) electrons. The van der Waals surface area contributed by atoms with Crippen molar-refractivity contribution in [2.45, 2.75) is 90.0 Å². The van der Waals surface area contributed by atoms with Crippen LogP contribution >= 0.6 is 0 Å². The Morgan fingerprint density at radius 3 is 2.09 bits per heavy atom. The van der Waals surface area contributed by atoms with E-state index < -0.39 is 16.9 Å². The van der Waals surface area contributed by atoms with Crippen LogP contribution < -0.4 is 0 Å². The highest BCUT2D eigenvalue weighted by atomic mass is 16.6. The summed E-state index contributed by atoms with van der Waals surface area (Å²) in [5.74, 6) is -1.33. The number of allylic oxidation sites excluding steroid dienone is 1. The molecular formula is C18H31NO4. The Morgan fingerprint density at radius 1 is 1.04 bits per heavy atom. The van der Waals surface area contributed by atoms with Gasteiger partial charge < -0.3 is 5.11 Å². The van der Waals surface area contributed by atoms with Crippen LogP contribution in [0.2, 0.25) is 0 Å². The van der Waals surface area contributed by atoms with Crippen LogP contribution in [0.25, 0.3) is 0 Å². The van der Waals surface area contributed by atoms with E-state index in [0.717, 1.165) is 38.5 Å². The summed E-state index contributed by atoms with van der Waals surface area (Å²) in [5.41, 5.74) is 3.21. The first-order valence-corrected chi connectivity index (χ1v) is 8.85. The standard InChI is InChI=1S/C18H31NO4/c1-2-3-4-5-6-7-8-9-10-11-12-13-14-15-16-17(18(20)21)19(22)23/h7,9,17H,2-6,10-16H2,1H3,(H,20,21). The zero-order valence-electron chi connectivity index (χ0n) is 14.3. The van der Waals surface area contributed by atoms with Gasteiger partial charge in [-0.1, -0.05) is 45.4 Å². The number of aliphatic carboxylic acids is 1. The SMILES string of the molecule is CCCCCCC=C=CCCCCCCCC(C(=O)O)[N+](=O)[O-]. The lowest BCUT2D eigenvalue weighted by atomic mass is 10.1. The van der Waals surface area contributed by atoms with E-state index in [1.165, 1.54) is 25.7 Å². The largest absolute Gasteiger partial charge is 0.476 e. The van der Waals surface area contributed by atoms with Crippen molar-refractivity contribution in [1.29, 1.82) is 0 Å². The molecule has 1 N–H and O–H groups in total. The Labute approximate surface area is 139 Å². The van der Waals surface area contributed by atoms with Crippen LogP contribution in [0.3, 0.4) is 0 Å². The monoisotopic (exact) mass is 325 g/mol. The Balaban J connectivity index is 3.47. The van der Waals surface area contributed by atoms with Crippen molar-refractivity contribution in [3.05, 3.63) is 28.0 Å². The van der Waals surface area contributed by atoms with Gasteiger partial charge in [0.2, 0.25) is 0 Å². The molecule has 0 aliphatic rings. The first-order valence-electron chi connectivity index (χ1n) is 8.85. The molecule has 0 aliphatic heterocycles. The first kappa shape index (κ1) is 21.4. The van der Waals surface area contributed by atoms with Gasteiger partial charge in [-0.25, -0.2) is 4.79 Å². The molecule has 0 aromatic carbocycles. The van der Waals surface area contributed by atoms with Crippen LogP contribution in [0.4, 0.5) is 0 Å². The van der Waals surface area contributed by atoms with Crippen LogP contribution in [0.15, 0.2) is 17.9 Å². The third-order valence-electron chi connectivity index (χ3n) is 3.80. The number of nitro groups is 1. The van der Waals surface area contributed by atoms with Crippen LogP contribution in [-0.4, -0.2) is 22.0 Å². The van der Waals surface area contributed by atoms with Crippen molar-refractivity contribution in [2.24, 2.45) is 0 Å². The summed E-state index contributed by atoms with van der Waals surface area (Å²) < 4.78 is 0. The molecule has 0 saturated carbocycles. The Morgan fingerprint density at radius 2 is 1.57 bits per heavy atom. The van der Waals surface area contributed by atoms with Crippen LogP contribution in [0.5, 0.6) is 0 Å². The van der Waals surface area contributed by atoms with Gasteiger partial charge in [-0.2, -0.15) is 0 Å². The fraction of sp³-hybridized carbons (Fsp3) is 0.778. The van der Waals surface area contributed by atoms with E-state index in [4.69, 9.17) is 5.11 Å². The highest BCUT2D eigenvalue weighted by molar-refractivity contribution is 5.71. The van der Waals surface area contributed by atoms with E-state index in [-0.39, 0.29) is 6.42 Å². The van der Waals surface area contributed by atoms with E-state index in [1.54, 1.807) is 0 Å². The summed E-state index contributed by atoms with van der Waals surface area (Å²) in [5, 5.41) is 19.2. The number of hydrogen-bond acceptors (Lipinski definition) is 3. The summed E-state index contributed by atoms with van der Waals surface area (Å²) in [4.78, 5) is 20.5. The fourth-order valence-electron chi connectivity index (χ4n) is 2.36. The smallest absolute Gasteiger partial charge is 0.379 e. The molecule has 132 valence electrons. The number of hydrogen-bond donors (Lipinski definition) is 1. The van der Waals surface area contributed by atoms with Gasteiger partial charge in [-0.05, 0) is 44.3 Å². The van der Waals surface area contributed by atoms with E-state index in [0.29, 0.717) is 6.42 Å². The molecule has 0 aromatic rings. The van der Waals surface area contributed by atoms with Crippen molar-refractivity contribution in [3.63, 3.8) is 0 Å². The third-order valence-corrected chi connectivity index (χ3v) is 3.80. The summed E-state index contributed by atoms with van der Waals surface area (Å²) in [6.45, 7) is 2.21. The Kier molecular flexibility index (Phi) is 14.2. The molecule has 0 amide bonds. The van der Waals surface area contributed by atoms with Gasteiger partial charge in [0.15, 0.2) is 0 Å². The van der Waals surface area contributed by atoms with Gasteiger partial charge in [0.05, 0.1) is 0 Å². The fourth-order valence-corrected chi connectivity index (χ4v) is 2.36. The molecule has 0 saturated heterocycles. The van der Waals surface area contributed by atoms with Gasteiger partial charge in [-0.3, -0.25) is 10.1 Å². The second-order valence-electron chi connectivity index (χ2n) is 5.91. The van der Waals surface area contributed by atoms with Gasteiger partial charge in [0.25, 0.3) is 0 Å². The number of carboxylic acids is 1. The number of nitrogens with zero attached hydrogens (tertiary/aromatic N) is 1.